The molecular weight excluding hydrogens is 401 g/mol. The molecule has 26 heavy (non-hydrogen) atoms. The van der Waals surface area contributed by atoms with Gasteiger partial charge in [0, 0.05) is 11.6 Å². The molecule has 0 saturated carbocycles. The van der Waals surface area contributed by atoms with E-state index in [1.54, 1.807) is 0 Å². The number of hydrogen-bond acceptors (Lipinski definition) is 1. The predicted molar refractivity (Wildman–Crippen MR) is 95.9 cm³/mol. The molecule has 0 spiro atoms. The van der Waals surface area contributed by atoms with Crippen molar-refractivity contribution in [2.75, 3.05) is 0 Å². The molecule has 1 heterocycles. The molecule has 0 bridgehead atoms. The summed E-state index contributed by atoms with van der Waals surface area (Å²) in [5, 5.41) is 1.20. The Balaban J connectivity index is 0.00000113. The smallest absolute Gasteiger partial charge is 1.00 e. The molecule has 1 aromatic heterocycles. The van der Waals surface area contributed by atoms with Crippen LogP contribution in [0.2, 0.25) is 0 Å². The maximum absolute atomic E-state index is 4.60. The zero-order chi connectivity index (χ0) is 15.6. The van der Waals surface area contributed by atoms with Gasteiger partial charge in [-0.2, -0.15) is 5.57 Å². The summed E-state index contributed by atoms with van der Waals surface area (Å²) in [6, 6.07) is 21.2. The SMILES string of the molecule is CC1=C(c2cccc3cccnc23)C[C-]=C1Cc1ccccc1.[Cl-].[Cl-].[Cr+3]. The summed E-state index contributed by atoms with van der Waals surface area (Å²) < 4.78 is 0. The van der Waals surface area contributed by atoms with Crippen molar-refractivity contribution in [2.45, 2.75) is 19.8 Å². The Hall–Kier alpha value is -1.56. The summed E-state index contributed by atoms with van der Waals surface area (Å²) in [5.41, 5.74) is 7.71. The Labute approximate surface area is 178 Å². The Morgan fingerprint density at radius 1 is 0.923 bits per heavy atom. The van der Waals surface area contributed by atoms with E-state index in [9.17, 15) is 0 Å². The number of benzene rings is 2. The van der Waals surface area contributed by atoms with E-state index in [0.717, 1.165) is 18.4 Å². The zero-order valence-electron chi connectivity index (χ0n) is 14.4. The molecule has 0 aliphatic heterocycles. The third kappa shape index (κ3) is 4.40. The molecule has 0 atom stereocenters. The van der Waals surface area contributed by atoms with E-state index >= 15 is 0 Å². The first-order valence-electron chi connectivity index (χ1n) is 8.01. The first-order chi connectivity index (χ1) is 11.3. The van der Waals surface area contributed by atoms with E-state index in [0.29, 0.717) is 0 Å². The third-order valence-electron chi connectivity index (χ3n) is 4.57. The summed E-state index contributed by atoms with van der Waals surface area (Å²) in [5.74, 6) is 0. The van der Waals surface area contributed by atoms with E-state index in [1.165, 1.54) is 33.2 Å². The molecular formula is C22H18Cl2CrN. The fourth-order valence-corrected chi connectivity index (χ4v) is 3.28. The second kappa shape index (κ2) is 9.95. The van der Waals surface area contributed by atoms with Crippen LogP contribution in [0, 0.1) is 6.08 Å². The molecule has 4 heteroatoms. The normalized spacial score (nSPS) is 12.7. The molecule has 0 N–H and O–H groups in total. The van der Waals surface area contributed by atoms with Gasteiger partial charge < -0.3 is 24.8 Å². The number of pyridine rings is 1. The fraction of sp³-hybridized carbons (Fsp3) is 0.136. The molecule has 4 rings (SSSR count). The number of rotatable bonds is 3. The van der Waals surface area contributed by atoms with Crippen LogP contribution in [-0.4, -0.2) is 4.98 Å². The van der Waals surface area contributed by atoms with E-state index in [4.69, 9.17) is 0 Å². The zero-order valence-corrected chi connectivity index (χ0v) is 17.2. The van der Waals surface area contributed by atoms with Crippen molar-refractivity contribution in [3.63, 3.8) is 0 Å². The van der Waals surface area contributed by atoms with Crippen molar-refractivity contribution in [3.8, 4) is 0 Å². The topological polar surface area (TPSA) is 12.9 Å². The van der Waals surface area contributed by atoms with Crippen LogP contribution < -0.4 is 24.8 Å². The van der Waals surface area contributed by atoms with Gasteiger partial charge in [0.1, 0.15) is 0 Å². The van der Waals surface area contributed by atoms with Crippen LogP contribution >= 0.6 is 0 Å². The first-order valence-corrected chi connectivity index (χ1v) is 8.01. The third-order valence-corrected chi connectivity index (χ3v) is 4.57. The minimum Gasteiger partial charge on any atom is -1.00 e. The van der Waals surface area contributed by atoms with Crippen molar-refractivity contribution < 1.29 is 42.2 Å². The van der Waals surface area contributed by atoms with Gasteiger partial charge in [-0.25, -0.2) is 5.57 Å². The average Bonchev–Trinajstić information content (AvgIpc) is 2.96. The van der Waals surface area contributed by atoms with Crippen LogP contribution in [0.4, 0.5) is 0 Å². The second-order valence-corrected chi connectivity index (χ2v) is 5.98. The van der Waals surface area contributed by atoms with Gasteiger partial charge in [-0.3, -0.25) is 11.1 Å². The summed E-state index contributed by atoms with van der Waals surface area (Å²) in [6.07, 6.45) is 7.29. The number of hydrogen-bond donors (Lipinski definition) is 0. The van der Waals surface area contributed by atoms with Crippen molar-refractivity contribution in [1.29, 1.82) is 0 Å². The number of aromatic nitrogens is 1. The van der Waals surface area contributed by atoms with Crippen LogP contribution in [0.15, 0.2) is 78.0 Å². The Morgan fingerprint density at radius 3 is 2.42 bits per heavy atom. The summed E-state index contributed by atoms with van der Waals surface area (Å²) in [4.78, 5) is 4.60. The second-order valence-electron chi connectivity index (χ2n) is 5.98. The Kier molecular flexibility index (Phi) is 8.61. The van der Waals surface area contributed by atoms with E-state index in [2.05, 4.69) is 72.6 Å². The number of allylic oxidation sites excluding steroid dienone is 4. The number of fused-ring (bicyclic) bond motifs is 1. The van der Waals surface area contributed by atoms with E-state index in [1.807, 2.05) is 12.3 Å². The van der Waals surface area contributed by atoms with Crippen LogP contribution in [0.1, 0.15) is 24.5 Å². The van der Waals surface area contributed by atoms with E-state index < -0.39 is 0 Å². The number of para-hydroxylation sites is 1. The average molecular weight is 419 g/mol. The maximum Gasteiger partial charge on any atom is 3.00 e. The van der Waals surface area contributed by atoms with Crippen LogP contribution in [0.3, 0.4) is 0 Å². The maximum atomic E-state index is 4.60. The largest absolute Gasteiger partial charge is 3.00 e. The fourth-order valence-electron chi connectivity index (χ4n) is 3.28. The molecule has 131 valence electrons. The molecule has 1 nitrogen and oxygen atoms in total. The van der Waals surface area contributed by atoms with Crippen molar-refractivity contribution in [1.82, 2.24) is 4.98 Å². The predicted octanol–water partition coefficient (Wildman–Crippen LogP) is -0.610. The van der Waals surface area contributed by atoms with Crippen molar-refractivity contribution >= 4 is 16.5 Å². The van der Waals surface area contributed by atoms with Gasteiger partial charge in [-0.15, -0.1) is 18.9 Å². The summed E-state index contributed by atoms with van der Waals surface area (Å²) in [7, 11) is 0. The van der Waals surface area contributed by atoms with Crippen LogP contribution in [0.25, 0.3) is 16.5 Å². The molecule has 0 saturated heterocycles. The molecule has 1 aliphatic rings. The van der Waals surface area contributed by atoms with Gasteiger partial charge in [0.2, 0.25) is 0 Å². The van der Waals surface area contributed by atoms with E-state index in [-0.39, 0.29) is 42.2 Å². The minimum absolute atomic E-state index is 0. The van der Waals surface area contributed by atoms with Crippen LogP contribution in [-0.2, 0) is 23.8 Å². The molecule has 1 aliphatic carbocycles. The van der Waals surface area contributed by atoms with Gasteiger partial charge in [0.15, 0.2) is 0 Å². The van der Waals surface area contributed by atoms with Crippen molar-refractivity contribution in [2.24, 2.45) is 0 Å². The molecule has 0 unspecified atom stereocenters. The van der Waals surface area contributed by atoms with Gasteiger partial charge >= 0.3 is 17.4 Å². The summed E-state index contributed by atoms with van der Waals surface area (Å²) in [6.45, 7) is 2.22. The monoisotopic (exact) mass is 418 g/mol. The Morgan fingerprint density at radius 2 is 1.65 bits per heavy atom. The van der Waals surface area contributed by atoms with Crippen molar-refractivity contribution in [3.05, 3.63) is 95.2 Å². The number of halogens is 2. The van der Waals surface area contributed by atoms with Gasteiger partial charge in [-0.1, -0.05) is 54.6 Å². The molecule has 2 aromatic carbocycles. The molecule has 1 radical (unpaired) electrons. The van der Waals surface area contributed by atoms with Gasteiger partial charge in [-0.05, 0) is 23.6 Å². The van der Waals surface area contributed by atoms with Crippen LogP contribution in [0.5, 0.6) is 0 Å². The quantitative estimate of drug-likeness (QED) is 0.517. The number of nitrogens with zero attached hydrogens (tertiary/aromatic N) is 1. The minimum atomic E-state index is 0. The first kappa shape index (κ1) is 22.5. The molecule has 3 aromatic rings. The van der Waals surface area contributed by atoms with Gasteiger partial charge in [0.05, 0.1) is 5.52 Å². The molecule has 0 amide bonds. The standard InChI is InChI=1S/C22H18N.2ClH.Cr/c1-16-19(15-17-7-3-2-4-8-17)12-13-20(16)21-11-5-9-18-10-6-14-23-22(18)21;;;/h2-11,14H,13,15H2,1H3;2*1H;/q-1;;;+3/p-2. The Bertz CT molecular complexity index is 928. The summed E-state index contributed by atoms with van der Waals surface area (Å²) >= 11 is 0. The molecule has 0 fully saturated rings. The van der Waals surface area contributed by atoms with Gasteiger partial charge in [0.25, 0.3) is 0 Å².